The maximum Gasteiger partial charge on any atom is 0.408 e. The Kier molecular flexibility index (Phi) is 8.84. The van der Waals surface area contributed by atoms with Gasteiger partial charge in [0.2, 0.25) is 5.91 Å². The average Bonchev–Trinajstić information content (AvgIpc) is 3.18. The Balaban J connectivity index is 1.66. The number of nitrogens with one attached hydrogen (secondary N) is 2. The zero-order chi connectivity index (χ0) is 25.4. The fourth-order valence-corrected chi connectivity index (χ4v) is 4.41. The number of methoxy groups -OCH3 is 2. The molecule has 0 aliphatic heterocycles. The van der Waals surface area contributed by atoms with Crippen LogP contribution in [-0.2, 0) is 23.8 Å². The summed E-state index contributed by atoms with van der Waals surface area (Å²) in [4.78, 5) is 36.9. The van der Waals surface area contributed by atoms with Crippen LogP contribution in [0.25, 0.3) is 11.1 Å². The van der Waals surface area contributed by atoms with Crippen LogP contribution in [0.15, 0.2) is 48.5 Å². The van der Waals surface area contributed by atoms with Gasteiger partial charge < -0.3 is 30.0 Å². The number of hydrogen-bond acceptors (Lipinski definition) is 6. The Morgan fingerprint density at radius 2 is 1.63 bits per heavy atom. The van der Waals surface area contributed by atoms with Gasteiger partial charge in [-0.2, -0.15) is 0 Å². The summed E-state index contributed by atoms with van der Waals surface area (Å²) in [6, 6.07) is 16.0. The summed E-state index contributed by atoms with van der Waals surface area (Å²) < 4.78 is 15.7. The minimum Gasteiger partial charge on any atom is -0.479 e. The summed E-state index contributed by atoms with van der Waals surface area (Å²) in [5, 5.41) is 14.4. The molecule has 0 bridgehead atoms. The Bertz CT molecular complexity index is 1010. The van der Waals surface area contributed by atoms with E-state index in [0.717, 1.165) is 22.3 Å². The molecule has 35 heavy (non-hydrogen) atoms. The van der Waals surface area contributed by atoms with Crippen molar-refractivity contribution in [2.24, 2.45) is 0 Å². The number of hydrogen-bond donors (Lipinski definition) is 3. The number of rotatable bonds is 12. The molecule has 1 aliphatic carbocycles. The third-order valence-electron chi connectivity index (χ3n) is 6.37. The Morgan fingerprint density at radius 1 is 1.03 bits per heavy atom. The summed E-state index contributed by atoms with van der Waals surface area (Å²) >= 11 is 0. The maximum atomic E-state index is 13.0. The minimum atomic E-state index is -1.37. The number of amides is 2. The van der Waals surface area contributed by atoms with Gasteiger partial charge in [0.05, 0.1) is 6.61 Å². The first-order valence-corrected chi connectivity index (χ1v) is 11.5. The molecule has 3 N–H and O–H groups in total. The van der Waals surface area contributed by atoms with Crippen molar-refractivity contribution in [2.45, 2.75) is 37.3 Å². The molecule has 2 amide bonds. The van der Waals surface area contributed by atoms with E-state index < -0.39 is 29.6 Å². The lowest BCUT2D eigenvalue weighted by Gasteiger charge is -2.31. The van der Waals surface area contributed by atoms with Crippen LogP contribution in [0, 0.1) is 0 Å². The lowest BCUT2D eigenvalue weighted by atomic mass is 9.96. The van der Waals surface area contributed by atoms with Gasteiger partial charge in [-0.3, -0.25) is 4.79 Å². The molecule has 0 heterocycles. The molecule has 2 aromatic carbocycles. The molecule has 0 aromatic heterocycles. The zero-order valence-electron chi connectivity index (χ0n) is 20.2. The highest BCUT2D eigenvalue weighted by Crippen LogP contribution is 2.44. The Morgan fingerprint density at radius 3 is 2.14 bits per heavy atom. The van der Waals surface area contributed by atoms with Crippen molar-refractivity contribution in [3.8, 4) is 11.1 Å². The number of carboxylic acid groups (broad SMARTS) is 1. The zero-order valence-corrected chi connectivity index (χ0v) is 20.2. The molecule has 0 radical (unpaired) electrons. The molecule has 0 saturated carbocycles. The number of carbonyl (C=O) groups is 3. The van der Waals surface area contributed by atoms with E-state index in [-0.39, 0.29) is 38.5 Å². The van der Waals surface area contributed by atoms with Crippen molar-refractivity contribution in [1.82, 2.24) is 10.6 Å². The van der Waals surface area contributed by atoms with E-state index in [9.17, 15) is 14.4 Å². The first-order valence-electron chi connectivity index (χ1n) is 11.5. The van der Waals surface area contributed by atoms with E-state index >= 15 is 0 Å². The number of carboxylic acids is 1. The summed E-state index contributed by atoms with van der Waals surface area (Å²) in [5.41, 5.74) is 3.04. The highest BCUT2D eigenvalue weighted by molar-refractivity contribution is 5.90. The molecule has 0 fully saturated rings. The Labute approximate surface area is 204 Å². The van der Waals surface area contributed by atoms with Crippen molar-refractivity contribution in [3.05, 3.63) is 59.7 Å². The summed E-state index contributed by atoms with van der Waals surface area (Å²) in [7, 11) is 2.73. The van der Waals surface area contributed by atoms with Gasteiger partial charge >= 0.3 is 12.1 Å². The largest absolute Gasteiger partial charge is 0.479 e. The summed E-state index contributed by atoms with van der Waals surface area (Å²) in [6.07, 6.45) is -1.45. The van der Waals surface area contributed by atoms with E-state index in [1.165, 1.54) is 14.2 Å². The smallest absolute Gasteiger partial charge is 0.408 e. The van der Waals surface area contributed by atoms with Crippen LogP contribution in [0.1, 0.15) is 36.8 Å². The number of benzene rings is 2. The van der Waals surface area contributed by atoms with Gasteiger partial charge in [-0.15, -0.1) is 0 Å². The van der Waals surface area contributed by atoms with Crippen molar-refractivity contribution in [1.29, 1.82) is 0 Å². The minimum absolute atomic E-state index is 0.0570. The number of fused-ring (bicyclic) bond motifs is 3. The average molecular weight is 485 g/mol. The van der Waals surface area contributed by atoms with Crippen molar-refractivity contribution in [3.63, 3.8) is 0 Å². The number of ether oxygens (including phenoxy) is 3. The third-order valence-corrected chi connectivity index (χ3v) is 6.37. The molecule has 2 unspecified atom stereocenters. The van der Waals surface area contributed by atoms with Gasteiger partial charge in [0.25, 0.3) is 0 Å². The van der Waals surface area contributed by atoms with E-state index in [4.69, 9.17) is 19.3 Å². The van der Waals surface area contributed by atoms with Crippen LogP contribution in [0.3, 0.4) is 0 Å². The van der Waals surface area contributed by atoms with Crippen LogP contribution in [-0.4, -0.2) is 68.7 Å². The monoisotopic (exact) mass is 484 g/mol. The molecule has 1 aliphatic rings. The predicted molar refractivity (Wildman–Crippen MR) is 129 cm³/mol. The SMILES string of the molecule is CCC(COC)(NC(=O)OCC1c2ccccc2-c2ccccc21)C(=O)NCCC(OC)C(=O)O. The lowest BCUT2D eigenvalue weighted by Crippen LogP contribution is -2.61. The van der Waals surface area contributed by atoms with Gasteiger partial charge in [-0.05, 0) is 28.7 Å². The molecule has 9 nitrogen and oxygen atoms in total. The molecule has 9 heteroatoms. The topological polar surface area (TPSA) is 123 Å². The third kappa shape index (κ3) is 5.80. The first kappa shape index (κ1) is 26.2. The highest BCUT2D eigenvalue weighted by Gasteiger charge is 2.39. The molecule has 0 spiro atoms. The van der Waals surface area contributed by atoms with Crippen LogP contribution >= 0.6 is 0 Å². The van der Waals surface area contributed by atoms with Crippen molar-refractivity contribution in [2.75, 3.05) is 34.0 Å². The van der Waals surface area contributed by atoms with E-state index in [1.54, 1.807) is 6.92 Å². The molecule has 188 valence electrons. The van der Waals surface area contributed by atoms with Gasteiger partial charge in [0, 0.05) is 33.1 Å². The Hall–Kier alpha value is -3.43. The quantitative estimate of drug-likeness (QED) is 0.423. The van der Waals surface area contributed by atoms with E-state index in [0.29, 0.717) is 0 Å². The normalized spacial score (nSPS) is 14.8. The first-order chi connectivity index (χ1) is 16.9. The summed E-state index contributed by atoms with van der Waals surface area (Å²) in [5.74, 6) is -1.71. The van der Waals surface area contributed by atoms with Gasteiger partial charge in [0.1, 0.15) is 12.1 Å². The van der Waals surface area contributed by atoms with Gasteiger partial charge in [-0.25, -0.2) is 9.59 Å². The van der Waals surface area contributed by atoms with Crippen molar-refractivity contribution >= 4 is 18.0 Å². The van der Waals surface area contributed by atoms with E-state index in [2.05, 4.69) is 22.8 Å². The van der Waals surface area contributed by atoms with Crippen molar-refractivity contribution < 1.29 is 33.7 Å². The second-order valence-electron chi connectivity index (χ2n) is 8.43. The second kappa shape index (κ2) is 11.8. The van der Waals surface area contributed by atoms with Crippen LogP contribution in [0.5, 0.6) is 0 Å². The van der Waals surface area contributed by atoms with Crippen LogP contribution in [0.2, 0.25) is 0 Å². The maximum absolute atomic E-state index is 13.0. The highest BCUT2D eigenvalue weighted by atomic mass is 16.5. The van der Waals surface area contributed by atoms with Crippen LogP contribution in [0.4, 0.5) is 4.79 Å². The van der Waals surface area contributed by atoms with E-state index in [1.807, 2.05) is 36.4 Å². The number of alkyl carbamates (subject to hydrolysis) is 1. The number of aliphatic carboxylic acids is 1. The molecule has 0 saturated heterocycles. The molecule has 2 aromatic rings. The van der Waals surface area contributed by atoms with Gasteiger partial charge in [-0.1, -0.05) is 55.5 Å². The van der Waals surface area contributed by atoms with Gasteiger partial charge in [0.15, 0.2) is 6.10 Å². The molecule has 2 atom stereocenters. The fourth-order valence-electron chi connectivity index (χ4n) is 4.41. The second-order valence-corrected chi connectivity index (χ2v) is 8.43. The predicted octanol–water partition coefficient (Wildman–Crippen LogP) is 2.93. The number of carbonyl (C=O) groups excluding carboxylic acids is 2. The molecule has 3 rings (SSSR count). The lowest BCUT2D eigenvalue weighted by molar-refractivity contribution is -0.149. The summed E-state index contributed by atoms with van der Waals surface area (Å²) in [6.45, 7) is 1.84. The molecular weight excluding hydrogens is 452 g/mol. The van der Waals surface area contributed by atoms with Crippen LogP contribution < -0.4 is 10.6 Å². The standard InChI is InChI=1S/C26H32N2O7/c1-4-26(16-33-2,24(31)27-14-13-22(34-3)23(29)30)28-25(32)35-15-21-19-11-7-5-9-17(19)18-10-6-8-12-20(18)21/h5-12,21-22H,4,13-16H2,1-3H3,(H,27,31)(H,28,32)(H,29,30). The fraction of sp³-hybridized carbons (Fsp3) is 0.423. The molecular formula is C26H32N2O7.